The standard InChI is InChI=1S/C23H21Br2ClN2O2/c1-14-7-8-17(11-20(14)26)28-22(29)13-30-23-18(24)9-16(10-19(23)25)12-27-21-6-4-3-5-15(21)2/h3-11,27H,12-13H2,1-2H3,(H,28,29). The topological polar surface area (TPSA) is 50.4 Å². The third kappa shape index (κ3) is 6.00. The van der Waals surface area contributed by atoms with Crippen molar-refractivity contribution in [2.24, 2.45) is 0 Å². The van der Waals surface area contributed by atoms with E-state index in [0.29, 0.717) is 23.0 Å². The number of benzene rings is 3. The fourth-order valence-electron chi connectivity index (χ4n) is 2.83. The van der Waals surface area contributed by atoms with Gasteiger partial charge in [0.15, 0.2) is 6.61 Å². The molecule has 2 N–H and O–H groups in total. The molecule has 0 saturated carbocycles. The van der Waals surface area contributed by atoms with Crippen LogP contribution in [0.5, 0.6) is 5.75 Å². The van der Waals surface area contributed by atoms with Crippen LogP contribution in [-0.2, 0) is 11.3 Å². The second-order valence-electron chi connectivity index (χ2n) is 6.86. The van der Waals surface area contributed by atoms with Gasteiger partial charge in [-0.2, -0.15) is 0 Å². The molecule has 156 valence electrons. The number of hydrogen-bond acceptors (Lipinski definition) is 3. The molecule has 7 heteroatoms. The predicted molar refractivity (Wildman–Crippen MR) is 131 cm³/mol. The summed E-state index contributed by atoms with van der Waals surface area (Å²) >= 11 is 13.2. The molecule has 0 aromatic heterocycles. The maximum atomic E-state index is 12.2. The smallest absolute Gasteiger partial charge is 0.262 e. The number of anilines is 2. The van der Waals surface area contributed by atoms with Gasteiger partial charge in [0.25, 0.3) is 5.91 Å². The molecule has 0 atom stereocenters. The number of para-hydroxylation sites is 1. The van der Waals surface area contributed by atoms with Crippen molar-refractivity contribution in [2.45, 2.75) is 20.4 Å². The van der Waals surface area contributed by atoms with E-state index in [0.717, 1.165) is 25.8 Å². The van der Waals surface area contributed by atoms with E-state index < -0.39 is 0 Å². The summed E-state index contributed by atoms with van der Waals surface area (Å²) in [6.45, 7) is 4.52. The van der Waals surface area contributed by atoms with Gasteiger partial charge in [0, 0.05) is 22.9 Å². The normalized spacial score (nSPS) is 10.6. The van der Waals surface area contributed by atoms with Gasteiger partial charge >= 0.3 is 0 Å². The van der Waals surface area contributed by atoms with Crippen LogP contribution >= 0.6 is 43.5 Å². The number of carbonyl (C=O) groups is 1. The molecular formula is C23H21Br2ClN2O2. The molecule has 0 fully saturated rings. The van der Waals surface area contributed by atoms with Crippen molar-refractivity contribution in [3.63, 3.8) is 0 Å². The Balaban J connectivity index is 1.60. The van der Waals surface area contributed by atoms with Crippen LogP contribution in [0.3, 0.4) is 0 Å². The van der Waals surface area contributed by atoms with Crippen LogP contribution in [0.2, 0.25) is 5.02 Å². The van der Waals surface area contributed by atoms with E-state index in [1.165, 1.54) is 5.56 Å². The lowest BCUT2D eigenvalue weighted by Crippen LogP contribution is -2.20. The Morgan fingerprint density at radius 1 is 1.00 bits per heavy atom. The maximum Gasteiger partial charge on any atom is 0.262 e. The molecular weight excluding hydrogens is 532 g/mol. The lowest BCUT2D eigenvalue weighted by molar-refractivity contribution is -0.118. The summed E-state index contributed by atoms with van der Waals surface area (Å²) in [5.41, 5.74) is 4.95. The van der Waals surface area contributed by atoms with E-state index in [1.807, 2.05) is 37.3 Å². The summed E-state index contributed by atoms with van der Waals surface area (Å²) in [7, 11) is 0. The Morgan fingerprint density at radius 2 is 1.70 bits per heavy atom. The minimum atomic E-state index is -0.265. The van der Waals surface area contributed by atoms with Crippen molar-refractivity contribution in [2.75, 3.05) is 17.2 Å². The summed E-state index contributed by atoms with van der Waals surface area (Å²) in [6.07, 6.45) is 0. The van der Waals surface area contributed by atoms with Crippen LogP contribution in [0.15, 0.2) is 63.5 Å². The number of carbonyl (C=O) groups excluding carboxylic acids is 1. The van der Waals surface area contributed by atoms with Gasteiger partial charge in [-0.25, -0.2) is 0 Å². The SMILES string of the molecule is Cc1ccc(NC(=O)COc2c(Br)cc(CNc3ccccc3C)cc2Br)cc1Cl. The van der Waals surface area contributed by atoms with Gasteiger partial charge in [0.05, 0.1) is 8.95 Å². The van der Waals surface area contributed by atoms with Crippen molar-refractivity contribution in [1.29, 1.82) is 0 Å². The fraction of sp³-hybridized carbons (Fsp3) is 0.174. The van der Waals surface area contributed by atoms with Crippen LogP contribution in [0.4, 0.5) is 11.4 Å². The first kappa shape index (κ1) is 22.7. The molecule has 3 rings (SSSR count). The minimum Gasteiger partial charge on any atom is -0.481 e. The summed E-state index contributed by atoms with van der Waals surface area (Å²) in [5.74, 6) is 0.311. The molecule has 0 saturated heterocycles. The molecule has 0 radical (unpaired) electrons. The minimum absolute atomic E-state index is 0.122. The summed E-state index contributed by atoms with van der Waals surface area (Å²) < 4.78 is 7.27. The highest BCUT2D eigenvalue weighted by atomic mass is 79.9. The van der Waals surface area contributed by atoms with E-state index >= 15 is 0 Å². The lowest BCUT2D eigenvalue weighted by Gasteiger charge is -2.14. The first-order valence-corrected chi connectivity index (χ1v) is 11.3. The maximum absolute atomic E-state index is 12.2. The monoisotopic (exact) mass is 550 g/mol. The summed E-state index contributed by atoms with van der Waals surface area (Å²) in [6, 6.07) is 17.5. The molecule has 3 aromatic rings. The molecule has 4 nitrogen and oxygen atoms in total. The average Bonchev–Trinajstić information content (AvgIpc) is 2.69. The van der Waals surface area contributed by atoms with Gasteiger partial charge in [0.2, 0.25) is 0 Å². The molecule has 3 aromatic carbocycles. The zero-order chi connectivity index (χ0) is 21.7. The van der Waals surface area contributed by atoms with Gasteiger partial charge < -0.3 is 15.4 Å². The molecule has 1 amide bonds. The fourth-order valence-corrected chi connectivity index (χ4v) is 4.52. The molecule has 0 heterocycles. The number of nitrogens with one attached hydrogen (secondary N) is 2. The number of rotatable bonds is 7. The highest BCUT2D eigenvalue weighted by Gasteiger charge is 2.12. The van der Waals surface area contributed by atoms with Crippen LogP contribution in [-0.4, -0.2) is 12.5 Å². The van der Waals surface area contributed by atoms with Crippen LogP contribution < -0.4 is 15.4 Å². The highest BCUT2D eigenvalue weighted by Crippen LogP contribution is 2.35. The molecule has 0 unspecified atom stereocenters. The number of halogens is 3. The van der Waals surface area contributed by atoms with Crippen molar-refractivity contribution in [3.8, 4) is 5.75 Å². The number of ether oxygens (including phenoxy) is 1. The molecule has 0 aliphatic rings. The molecule has 30 heavy (non-hydrogen) atoms. The predicted octanol–water partition coefficient (Wildman–Crippen LogP) is 7.11. The number of aryl methyl sites for hydroxylation is 2. The van der Waals surface area contributed by atoms with Gasteiger partial charge in [-0.15, -0.1) is 0 Å². The second kappa shape index (κ2) is 10.3. The first-order chi connectivity index (χ1) is 14.3. The lowest BCUT2D eigenvalue weighted by atomic mass is 10.1. The van der Waals surface area contributed by atoms with E-state index in [1.54, 1.807) is 12.1 Å². The Kier molecular flexibility index (Phi) is 7.81. The van der Waals surface area contributed by atoms with Crippen LogP contribution in [0.1, 0.15) is 16.7 Å². The molecule has 0 aliphatic carbocycles. The Labute approximate surface area is 198 Å². The van der Waals surface area contributed by atoms with Gasteiger partial charge in [-0.3, -0.25) is 4.79 Å². The molecule has 0 spiro atoms. The molecule has 0 bridgehead atoms. The Morgan fingerprint density at radius 3 is 2.37 bits per heavy atom. The van der Waals surface area contributed by atoms with Crippen molar-refractivity contribution in [1.82, 2.24) is 0 Å². The van der Waals surface area contributed by atoms with Crippen molar-refractivity contribution < 1.29 is 9.53 Å². The van der Waals surface area contributed by atoms with Crippen LogP contribution in [0.25, 0.3) is 0 Å². The zero-order valence-corrected chi connectivity index (χ0v) is 20.5. The third-order valence-corrected chi connectivity index (χ3v) is 6.07. The van der Waals surface area contributed by atoms with E-state index in [-0.39, 0.29) is 12.5 Å². The van der Waals surface area contributed by atoms with Gasteiger partial charge in [-0.05, 0) is 92.7 Å². The van der Waals surface area contributed by atoms with Gasteiger partial charge in [0.1, 0.15) is 5.75 Å². The quantitative estimate of drug-likeness (QED) is 0.328. The van der Waals surface area contributed by atoms with Crippen molar-refractivity contribution >= 4 is 60.7 Å². The van der Waals surface area contributed by atoms with Crippen LogP contribution in [0, 0.1) is 13.8 Å². The summed E-state index contributed by atoms with van der Waals surface area (Å²) in [4.78, 5) is 12.2. The van der Waals surface area contributed by atoms with E-state index in [2.05, 4.69) is 61.5 Å². The Hall–Kier alpha value is -2.02. The molecule has 0 aliphatic heterocycles. The largest absolute Gasteiger partial charge is 0.481 e. The zero-order valence-electron chi connectivity index (χ0n) is 16.6. The van der Waals surface area contributed by atoms with Crippen molar-refractivity contribution in [3.05, 3.63) is 85.3 Å². The van der Waals surface area contributed by atoms with E-state index in [9.17, 15) is 4.79 Å². The first-order valence-electron chi connectivity index (χ1n) is 9.29. The van der Waals surface area contributed by atoms with E-state index in [4.69, 9.17) is 16.3 Å². The summed E-state index contributed by atoms with van der Waals surface area (Å²) in [5, 5.41) is 6.82. The highest BCUT2D eigenvalue weighted by molar-refractivity contribution is 9.11. The number of hydrogen-bond donors (Lipinski definition) is 2. The van der Waals surface area contributed by atoms with Gasteiger partial charge in [-0.1, -0.05) is 35.9 Å². The number of amides is 1. The second-order valence-corrected chi connectivity index (χ2v) is 8.97. The Bertz CT molecular complexity index is 1050. The average molecular weight is 553 g/mol. The third-order valence-electron chi connectivity index (χ3n) is 4.49.